The molecular formula is C24H28FN3O2. The number of H-pyrrole nitrogens is 1. The van der Waals surface area contributed by atoms with Crippen molar-refractivity contribution in [3.05, 3.63) is 59.9 Å². The van der Waals surface area contributed by atoms with Gasteiger partial charge in [-0.25, -0.2) is 4.39 Å². The number of nitrogens with one attached hydrogen (secondary N) is 2. The number of morpholine rings is 1. The van der Waals surface area contributed by atoms with Crippen molar-refractivity contribution in [1.29, 1.82) is 0 Å². The molecule has 0 unspecified atom stereocenters. The Labute approximate surface area is 176 Å². The fourth-order valence-corrected chi connectivity index (χ4v) is 4.00. The Kier molecular flexibility index (Phi) is 6.77. The first-order valence-electron chi connectivity index (χ1n) is 10.6. The van der Waals surface area contributed by atoms with Crippen molar-refractivity contribution in [1.82, 2.24) is 15.2 Å². The molecule has 0 bridgehead atoms. The Bertz CT molecular complexity index is 978. The van der Waals surface area contributed by atoms with Crippen LogP contribution >= 0.6 is 0 Å². The quantitative estimate of drug-likeness (QED) is 0.557. The maximum absolute atomic E-state index is 13.4. The van der Waals surface area contributed by atoms with E-state index in [2.05, 4.69) is 21.3 Å². The van der Waals surface area contributed by atoms with Gasteiger partial charge in [-0.3, -0.25) is 9.69 Å². The second-order valence-corrected chi connectivity index (χ2v) is 7.69. The van der Waals surface area contributed by atoms with Gasteiger partial charge in [-0.15, -0.1) is 0 Å². The second kappa shape index (κ2) is 9.87. The van der Waals surface area contributed by atoms with Crippen LogP contribution in [0.4, 0.5) is 4.39 Å². The van der Waals surface area contributed by atoms with Gasteiger partial charge in [0.1, 0.15) is 5.82 Å². The third-order valence-electron chi connectivity index (χ3n) is 5.63. The lowest BCUT2D eigenvalue weighted by Gasteiger charge is -2.26. The minimum Gasteiger partial charge on any atom is -0.379 e. The number of benzene rings is 2. The number of nitrogens with zero attached hydrogens (tertiary/aromatic N) is 1. The van der Waals surface area contributed by atoms with Crippen LogP contribution < -0.4 is 5.32 Å². The van der Waals surface area contributed by atoms with Crippen molar-refractivity contribution in [2.24, 2.45) is 0 Å². The minimum absolute atomic E-state index is 0.0623. The third-order valence-corrected chi connectivity index (χ3v) is 5.63. The van der Waals surface area contributed by atoms with E-state index in [9.17, 15) is 9.18 Å². The van der Waals surface area contributed by atoms with Crippen molar-refractivity contribution in [3.8, 4) is 11.3 Å². The topological polar surface area (TPSA) is 57.4 Å². The Morgan fingerprint density at radius 2 is 1.87 bits per heavy atom. The van der Waals surface area contributed by atoms with Crippen LogP contribution in [-0.4, -0.2) is 55.2 Å². The lowest BCUT2D eigenvalue weighted by atomic mass is 10.0. The molecule has 0 aliphatic carbocycles. The number of para-hydroxylation sites is 1. The highest BCUT2D eigenvalue weighted by Crippen LogP contribution is 2.31. The molecule has 0 spiro atoms. The van der Waals surface area contributed by atoms with Crippen molar-refractivity contribution in [2.75, 3.05) is 39.4 Å². The molecule has 1 fully saturated rings. The van der Waals surface area contributed by atoms with Crippen molar-refractivity contribution < 1.29 is 13.9 Å². The normalized spacial score (nSPS) is 14.8. The van der Waals surface area contributed by atoms with E-state index in [-0.39, 0.29) is 11.7 Å². The first-order chi connectivity index (χ1) is 14.7. The molecule has 5 nitrogen and oxygen atoms in total. The molecular weight excluding hydrogens is 381 g/mol. The predicted octanol–water partition coefficient (Wildman–Crippen LogP) is 3.75. The number of aromatic amines is 1. The number of ether oxygens (including phenoxy) is 1. The molecule has 1 aliphatic heterocycles. The number of halogens is 1. The molecule has 0 radical (unpaired) electrons. The maximum atomic E-state index is 13.4. The van der Waals surface area contributed by atoms with Gasteiger partial charge in [0.05, 0.1) is 13.2 Å². The van der Waals surface area contributed by atoms with E-state index in [1.807, 2.05) is 18.2 Å². The summed E-state index contributed by atoms with van der Waals surface area (Å²) >= 11 is 0. The molecule has 2 heterocycles. The zero-order valence-corrected chi connectivity index (χ0v) is 17.1. The highest BCUT2D eigenvalue weighted by Gasteiger charge is 2.15. The number of fused-ring (bicyclic) bond motifs is 1. The number of aryl methyl sites for hydroxylation is 1. The van der Waals surface area contributed by atoms with Gasteiger partial charge >= 0.3 is 0 Å². The van der Waals surface area contributed by atoms with Crippen LogP contribution in [0.1, 0.15) is 18.4 Å². The van der Waals surface area contributed by atoms with Gasteiger partial charge < -0.3 is 15.0 Å². The summed E-state index contributed by atoms with van der Waals surface area (Å²) in [6.45, 7) is 5.22. The fourth-order valence-electron chi connectivity index (χ4n) is 4.00. The van der Waals surface area contributed by atoms with Crippen LogP contribution in [0.25, 0.3) is 22.2 Å². The number of rotatable bonds is 8. The molecule has 0 atom stereocenters. The molecule has 6 heteroatoms. The van der Waals surface area contributed by atoms with Gasteiger partial charge in [0.2, 0.25) is 5.91 Å². The molecule has 30 heavy (non-hydrogen) atoms. The van der Waals surface area contributed by atoms with Crippen LogP contribution in [-0.2, 0) is 16.0 Å². The zero-order valence-electron chi connectivity index (χ0n) is 17.1. The smallest absolute Gasteiger partial charge is 0.220 e. The average molecular weight is 410 g/mol. The monoisotopic (exact) mass is 409 g/mol. The molecule has 158 valence electrons. The van der Waals surface area contributed by atoms with Gasteiger partial charge in [0.15, 0.2) is 0 Å². The molecule has 4 rings (SSSR count). The molecule has 1 saturated heterocycles. The van der Waals surface area contributed by atoms with E-state index in [1.165, 1.54) is 12.1 Å². The third kappa shape index (κ3) is 5.07. The number of hydrogen-bond acceptors (Lipinski definition) is 3. The Hall–Kier alpha value is -2.70. The average Bonchev–Trinajstić information content (AvgIpc) is 3.15. The summed E-state index contributed by atoms with van der Waals surface area (Å²) < 4.78 is 18.7. The van der Waals surface area contributed by atoms with Crippen LogP contribution in [0, 0.1) is 5.82 Å². The van der Waals surface area contributed by atoms with Gasteiger partial charge in [-0.1, -0.05) is 18.2 Å². The largest absolute Gasteiger partial charge is 0.379 e. The number of carbonyl (C=O) groups is 1. The molecule has 1 aromatic heterocycles. The summed E-state index contributed by atoms with van der Waals surface area (Å²) in [4.78, 5) is 18.2. The summed E-state index contributed by atoms with van der Waals surface area (Å²) in [5.74, 6) is -0.194. The molecule has 2 aromatic carbocycles. The highest BCUT2D eigenvalue weighted by atomic mass is 19.1. The van der Waals surface area contributed by atoms with Crippen LogP contribution in [0.3, 0.4) is 0 Å². The fraction of sp³-hybridized carbons (Fsp3) is 0.375. The Balaban J connectivity index is 1.36. The summed E-state index contributed by atoms with van der Waals surface area (Å²) in [7, 11) is 0. The zero-order chi connectivity index (χ0) is 20.8. The molecule has 1 amide bonds. The van der Waals surface area contributed by atoms with E-state index >= 15 is 0 Å². The lowest BCUT2D eigenvalue weighted by molar-refractivity contribution is -0.121. The van der Waals surface area contributed by atoms with E-state index < -0.39 is 0 Å². The minimum atomic E-state index is -0.257. The van der Waals surface area contributed by atoms with Gasteiger partial charge in [-0.05, 0) is 60.8 Å². The van der Waals surface area contributed by atoms with E-state index in [1.54, 1.807) is 12.1 Å². The predicted molar refractivity (Wildman–Crippen MR) is 117 cm³/mol. The first kappa shape index (κ1) is 20.6. The van der Waals surface area contributed by atoms with E-state index in [4.69, 9.17) is 4.74 Å². The molecule has 3 aromatic rings. The summed E-state index contributed by atoms with van der Waals surface area (Å²) in [6.07, 6.45) is 2.00. The van der Waals surface area contributed by atoms with Crippen molar-refractivity contribution in [2.45, 2.75) is 19.3 Å². The molecule has 2 N–H and O–H groups in total. The summed E-state index contributed by atoms with van der Waals surface area (Å²) in [5, 5.41) is 4.15. The SMILES string of the molecule is O=C(CCc1c(-c2ccc(F)cc2)[nH]c2ccccc12)NCCCN1CCOCC1. The number of amides is 1. The second-order valence-electron chi connectivity index (χ2n) is 7.69. The highest BCUT2D eigenvalue weighted by molar-refractivity contribution is 5.91. The standard InChI is InChI=1S/C24H28FN3O2/c25-19-8-6-18(7-9-19)24-21(20-4-1-2-5-22(20)27-24)10-11-23(29)26-12-3-13-28-14-16-30-17-15-28/h1-2,4-9,27H,3,10-17H2,(H,26,29). The summed E-state index contributed by atoms with van der Waals surface area (Å²) in [6, 6.07) is 14.5. The van der Waals surface area contributed by atoms with Gasteiger partial charge in [-0.2, -0.15) is 0 Å². The van der Waals surface area contributed by atoms with E-state index in [0.29, 0.717) is 19.4 Å². The van der Waals surface area contributed by atoms with Gasteiger partial charge in [0.25, 0.3) is 0 Å². The maximum Gasteiger partial charge on any atom is 0.220 e. The summed E-state index contributed by atoms with van der Waals surface area (Å²) in [5.41, 5.74) is 4.00. The van der Waals surface area contributed by atoms with Crippen molar-refractivity contribution >= 4 is 16.8 Å². The number of aromatic nitrogens is 1. The van der Waals surface area contributed by atoms with Gasteiger partial charge in [0, 0.05) is 42.7 Å². The van der Waals surface area contributed by atoms with Crippen LogP contribution in [0.5, 0.6) is 0 Å². The Morgan fingerprint density at radius 3 is 2.67 bits per heavy atom. The molecule has 1 aliphatic rings. The Morgan fingerprint density at radius 1 is 1.10 bits per heavy atom. The van der Waals surface area contributed by atoms with Crippen LogP contribution in [0.15, 0.2) is 48.5 Å². The van der Waals surface area contributed by atoms with E-state index in [0.717, 1.165) is 67.0 Å². The molecule has 0 saturated carbocycles. The van der Waals surface area contributed by atoms with Crippen molar-refractivity contribution in [3.63, 3.8) is 0 Å². The number of hydrogen-bond donors (Lipinski definition) is 2. The first-order valence-corrected chi connectivity index (χ1v) is 10.6. The lowest BCUT2D eigenvalue weighted by Crippen LogP contribution is -2.38. The number of carbonyl (C=O) groups excluding carboxylic acids is 1. The van der Waals surface area contributed by atoms with Crippen LogP contribution in [0.2, 0.25) is 0 Å².